The van der Waals surface area contributed by atoms with Gasteiger partial charge in [-0.3, -0.25) is 48.1 Å². The molecule has 1 aliphatic rings. The van der Waals surface area contributed by atoms with Crippen LogP contribution in [-0.4, -0.2) is 184 Å². The van der Waals surface area contributed by atoms with Gasteiger partial charge in [0.1, 0.15) is 61.0 Å². The second-order valence-electron chi connectivity index (χ2n) is 22.4. The van der Waals surface area contributed by atoms with Gasteiger partial charge >= 0.3 is 59.7 Å². The van der Waals surface area contributed by atoms with E-state index in [0.29, 0.717) is 56.9 Å². The normalized spacial score (nSPS) is 14.4. The summed E-state index contributed by atoms with van der Waals surface area (Å²) in [6.07, 6.45) is 13.8. The number of benzene rings is 2. The lowest BCUT2D eigenvalue weighted by Gasteiger charge is -2.22. The highest BCUT2D eigenvalue weighted by Gasteiger charge is 2.24. The molecule has 1 saturated carbocycles. The molecule has 0 spiro atoms. The molecule has 0 bridgehead atoms. The number of nitrogens with zero attached hydrogens (tertiary/aromatic N) is 2. The third kappa shape index (κ3) is 42.9. The van der Waals surface area contributed by atoms with Crippen molar-refractivity contribution in [1.82, 2.24) is 15.0 Å². The van der Waals surface area contributed by atoms with Gasteiger partial charge in [-0.05, 0) is 73.5 Å². The number of nitrogens with two attached hydrogens (primary N) is 11. The number of fused-ring (bicyclic) bond motifs is 1. The Hall–Kier alpha value is -9.00. The molecule has 528 valence electrons. The summed E-state index contributed by atoms with van der Waals surface area (Å²) >= 11 is 0. The van der Waals surface area contributed by atoms with Gasteiger partial charge in [-0.25, -0.2) is 9.78 Å². The van der Waals surface area contributed by atoms with E-state index in [1.165, 1.54) is 38.4 Å². The number of carboxylic acid groups (broad SMARTS) is 7. The van der Waals surface area contributed by atoms with Crippen LogP contribution >= 0.6 is 0 Å². The van der Waals surface area contributed by atoms with Gasteiger partial charge in [-0.2, -0.15) is 0 Å². The molecular weight excluding hydrogens is 1230 g/mol. The SMILES string of the molecule is CC(C)C[C@H](N)C(=O)O.CC(C)C[C@H](N)C(=O)OC[C@@H](N)C(=O)O.NC(N)=NCCC[C@@H](N)C(=O)OC(=O)C[C@H](N)C(=O)O.N[C@@H](CC1CCCCC1)C(=O)O.N[C@@H](Cc1c[nH]c2ccccc12)C(=O)O.N[C@@H](Cc1ccccc1)C(=O)O.N[C@H](Cc1cnc[nH]1)C(=O)O. The van der Waals surface area contributed by atoms with Gasteiger partial charge in [0, 0.05) is 48.4 Å². The van der Waals surface area contributed by atoms with Crippen LogP contribution in [0.2, 0.25) is 0 Å². The number of carbonyl (C=O) groups is 10. The maximum atomic E-state index is 11.4. The van der Waals surface area contributed by atoms with Crippen molar-refractivity contribution >= 4 is 76.6 Å². The van der Waals surface area contributed by atoms with Gasteiger partial charge in [0.05, 0.1) is 12.7 Å². The predicted molar refractivity (Wildman–Crippen MR) is 346 cm³/mol. The number of aliphatic carboxylic acids is 7. The van der Waals surface area contributed by atoms with E-state index in [1.807, 2.05) is 88.5 Å². The maximum Gasteiger partial charge on any atom is 0.330 e. The summed E-state index contributed by atoms with van der Waals surface area (Å²) in [5.74, 6) is -8.75. The first-order valence-electron chi connectivity index (χ1n) is 29.8. The zero-order chi connectivity index (χ0) is 72.2. The number of guanidine groups is 1. The topological polar surface area (TPSA) is 674 Å². The Balaban J connectivity index is 0. The summed E-state index contributed by atoms with van der Waals surface area (Å²) in [6.45, 7) is 7.69. The first kappa shape index (κ1) is 87.1. The largest absolute Gasteiger partial charge is 0.480 e. The van der Waals surface area contributed by atoms with Gasteiger partial charge in [-0.1, -0.05) is 108 Å². The zero-order valence-corrected chi connectivity index (χ0v) is 53.4. The van der Waals surface area contributed by atoms with Crippen LogP contribution in [0.15, 0.2) is 78.3 Å². The molecule has 0 aliphatic heterocycles. The lowest BCUT2D eigenvalue weighted by molar-refractivity contribution is -0.162. The number of aliphatic imine (C=N–C) groups is 1. The van der Waals surface area contributed by atoms with Crippen molar-refractivity contribution in [1.29, 1.82) is 0 Å². The fourth-order valence-electron chi connectivity index (χ4n) is 7.88. The van der Waals surface area contributed by atoms with E-state index in [4.69, 9.17) is 98.8 Å². The number of rotatable bonds is 29. The maximum absolute atomic E-state index is 11.4. The summed E-state index contributed by atoms with van der Waals surface area (Å²) in [7, 11) is 0. The quantitative estimate of drug-likeness (QED) is 0.0107. The highest BCUT2D eigenvalue weighted by Crippen LogP contribution is 2.27. The number of imidazole rings is 1. The molecule has 5 rings (SSSR count). The third-order valence-electron chi connectivity index (χ3n) is 13.0. The molecule has 94 heavy (non-hydrogen) atoms. The molecule has 0 radical (unpaired) electrons. The highest BCUT2D eigenvalue weighted by atomic mass is 16.6. The molecule has 34 heteroatoms. The van der Waals surface area contributed by atoms with Crippen LogP contribution in [0.3, 0.4) is 0 Å². The number of hydrogen-bond donors (Lipinski definition) is 20. The first-order chi connectivity index (χ1) is 43.9. The van der Waals surface area contributed by atoms with Crippen molar-refractivity contribution in [3.05, 3.63) is 90.1 Å². The van der Waals surface area contributed by atoms with Gasteiger partial charge < -0.3 is 118 Å². The van der Waals surface area contributed by atoms with Gasteiger partial charge in [0.2, 0.25) is 0 Å². The van der Waals surface area contributed by atoms with E-state index in [2.05, 4.69) is 29.4 Å². The Morgan fingerprint density at radius 2 is 1.04 bits per heavy atom. The number of ether oxygens (including phenoxy) is 2. The van der Waals surface area contributed by atoms with Crippen LogP contribution in [0.4, 0.5) is 0 Å². The summed E-state index contributed by atoms with van der Waals surface area (Å²) in [5, 5.41) is 60.5. The predicted octanol–water partition coefficient (Wildman–Crippen LogP) is -0.506. The summed E-state index contributed by atoms with van der Waals surface area (Å²) < 4.78 is 9.04. The molecule has 2 aromatic carbocycles. The van der Waals surface area contributed by atoms with E-state index in [-0.39, 0.29) is 31.3 Å². The molecule has 34 nitrogen and oxygen atoms in total. The number of carbonyl (C=O) groups excluding carboxylic acids is 3. The summed E-state index contributed by atoms with van der Waals surface area (Å²) in [4.78, 5) is 120. The van der Waals surface area contributed by atoms with Crippen molar-refractivity contribution in [2.45, 2.75) is 172 Å². The Kier molecular flexibility index (Phi) is 45.1. The molecular formula is C60H99N15O19. The molecule has 2 heterocycles. The monoisotopic (exact) mass is 1330 g/mol. The van der Waals surface area contributed by atoms with Crippen molar-refractivity contribution in [2.24, 2.45) is 85.8 Å². The molecule has 0 saturated heterocycles. The van der Waals surface area contributed by atoms with Crippen LogP contribution in [0.5, 0.6) is 0 Å². The number of carboxylic acids is 7. The zero-order valence-electron chi connectivity index (χ0n) is 53.4. The van der Waals surface area contributed by atoms with E-state index in [1.54, 1.807) is 6.20 Å². The Bertz CT molecular complexity index is 2910. The van der Waals surface area contributed by atoms with Crippen molar-refractivity contribution in [3.8, 4) is 0 Å². The Labute approximate surface area is 544 Å². The van der Waals surface area contributed by atoms with Crippen LogP contribution in [-0.2, 0) is 76.7 Å². The molecule has 1 aliphatic carbocycles. The summed E-state index contributed by atoms with van der Waals surface area (Å²) in [6, 6.07) is 8.92. The van der Waals surface area contributed by atoms with Crippen LogP contribution in [0.25, 0.3) is 10.9 Å². The van der Waals surface area contributed by atoms with E-state index >= 15 is 0 Å². The van der Waals surface area contributed by atoms with Crippen LogP contribution in [0.1, 0.15) is 115 Å². The van der Waals surface area contributed by atoms with Gasteiger partial charge in [-0.15, -0.1) is 0 Å². The lowest BCUT2D eigenvalue weighted by atomic mass is 9.85. The second-order valence-corrected chi connectivity index (χ2v) is 22.4. The van der Waals surface area contributed by atoms with Crippen LogP contribution in [0, 0.1) is 17.8 Å². The van der Waals surface area contributed by atoms with E-state index in [0.717, 1.165) is 27.7 Å². The van der Waals surface area contributed by atoms with Crippen molar-refractivity contribution < 1.29 is 93.2 Å². The fourth-order valence-corrected chi connectivity index (χ4v) is 7.88. The lowest BCUT2D eigenvalue weighted by Crippen LogP contribution is -2.40. The van der Waals surface area contributed by atoms with Gasteiger partial charge in [0.25, 0.3) is 0 Å². The van der Waals surface area contributed by atoms with E-state index < -0.39 is 120 Å². The average molecular weight is 1330 g/mol. The summed E-state index contributed by atoms with van der Waals surface area (Å²) in [5.41, 5.74) is 61.9. The van der Waals surface area contributed by atoms with Crippen molar-refractivity contribution in [2.75, 3.05) is 13.2 Å². The van der Waals surface area contributed by atoms with Crippen LogP contribution < -0.4 is 63.1 Å². The second kappa shape index (κ2) is 48.7. The number of nitrogens with one attached hydrogen (secondary N) is 2. The van der Waals surface area contributed by atoms with E-state index in [9.17, 15) is 47.9 Å². The standard InChI is InChI=1S/C11H12N2O2.C10H19N5O5.C9H18N2O4.C9H17NO2.C9H11NO2.C6H9N3O2.C6H13NO2/c12-9(11(14)15)5-7-6-13-10-4-2-1-3-8(7)10;11-5(2-1-3-15-10(13)14)9(19)20-7(16)4-6(12)8(17)18;1-5(2)3-6(10)9(14)15-4-7(11)8(12)13;2*10-8(9(11)12)6-7-4-2-1-3-5-7;7-5(6(10)11)1-4-2-8-3-9-4;1-4(2)3-5(7)6(8)9/h1-4,6,9,13H,5,12H2,(H,14,15);5-6H,1-4,11-12H2,(H,17,18)(H4,13,14,15);5-7H,3-4,10-11H2,1-2H3,(H,12,13);7-8H,1-6,10H2,(H,11,12);1-5,8H,6,10H2,(H,11,12);2-3,5H,1,7H2,(H,8,9)(H,10,11);4-5H,3,7H2,1-2H3,(H,8,9)/t9-;5-,6+;6-,7+;2*8-;2*5-/m0100010/s1. The number of para-hydroxylation sites is 1. The Morgan fingerprint density at radius 3 is 1.52 bits per heavy atom. The highest BCUT2D eigenvalue weighted by molar-refractivity contribution is 5.90. The average Bonchev–Trinajstić information content (AvgIpc) is 1.70. The smallest absolute Gasteiger partial charge is 0.330 e. The molecule has 31 N–H and O–H groups in total. The molecule has 4 aromatic rings. The number of aromatic nitrogens is 3. The molecule has 0 unspecified atom stereocenters. The number of esters is 3. The minimum absolute atomic E-state index is 0.0704. The fraction of sp³-hybridized carbons (Fsp3) is 0.533. The number of hydrogen-bond acceptors (Lipinski definition) is 23. The van der Waals surface area contributed by atoms with Gasteiger partial charge in [0.15, 0.2) is 5.96 Å². The molecule has 9 atom stereocenters. The first-order valence-corrected chi connectivity index (χ1v) is 29.8. The Morgan fingerprint density at radius 1 is 0.553 bits per heavy atom. The molecule has 2 aromatic heterocycles. The minimum atomic E-state index is -1.42. The third-order valence-corrected chi connectivity index (χ3v) is 13.0. The molecule has 1 fully saturated rings. The minimum Gasteiger partial charge on any atom is -0.480 e. The van der Waals surface area contributed by atoms with Crippen molar-refractivity contribution in [3.63, 3.8) is 0 Å². The molecule has 0 amide bonds. The number of H-pyrrole nitrogens is 2. The number of aromatic amines is 2.